The summed E-state index contributed by atoms with van der Waals surface area (Å²) in [5.74, 6) is 0.886. The number of nitrogens with one attached hydrogen (secondary N) is 2. The second kappa shape index (κ2) is 5.43. The lowest BCUT2D eigenvalue weighted by Gasteiger charge is -2.15. The number of benzene rings is 1. The zero-order valence-electron chi connectivity index (χ0n) is 14.5. The van der Waals surface area contributed by atoms with Crippen LogP contribution in [0.1, 0.15) is 24.2 Å². The maximum absolute atomic E-state index is 4.44. The molecule has 1 fully saturated rings. The fraction of sp³-hybridized carbons (Fsp3) is 0.300. The van der Waals surface area contributed by atoms with Crippen LogP contribution >= 0.6 is 0 Å². The Morgan fingerprint density at radius 3 is 2.88 bits per heavy atom. The van der Waals surface area contributed by atoms with E-state index in [1.807, 2.05) is 19.2 Å². The molecule has 126 valence electrons. The Morgan fingerprint density at radius 2 is 2.04 bits per heavy atom. The van der Waals surface area contributed by atoms with Gasteiger partial charge in [0.25, 0.3) is 0 Å². The summed E-state index contributed by atoms with van der Waals surface area (Å²) in [6, 6.07) is 11.7. The van der Waals surface area contributed by atoms with Crippen molar-refractivity contribution in [3.05, 3.63) is 47.9 Å². The van der Waals surface area contributed by atoms with E-state index in [1.165, 1.54) is 29.3 Å². The minimum atomic E-state index is 0.764. The molecule has 1 aliphatic rings. The van der Waals surface area contributed by atoms with Crippen molar-refractivity contribution >= 4 is 22.1 Å². The lowest BCUT2D eigenvalue weighted by atomic mass is 10.1. The molecule has 3 aromatic heterocycles. The third kappa shape index (κ3) is 2.61. The van der Waals surface area contributed by atoms with Crippen LogP contribution in [0.5, 0.6) is 0 Å². The van der Waals surface area contributed by atoms with E-state index in [2.05, 4.69) is 56.1 Å². The Morgan fingerprint density at radius 1 is 1.16 bits per heavy atom. The van der Waals surface area contributed by atoms with Crippen molar-refractivity contribution in [1.29, 1.82) is 0 Å². The monoisotopic (exact) mass is 331 g/mol. The van der Waals surface area contributed by atoms with Crippen LogP contribution < -0.4 is 0 Å². The number of hydrogen-bond acceptors (Lipinski definition) is 3. The maximum Gasteiger partial charge on any atom is 0.178 e. The van der Waals surface area contributed by atoms with E-state index >= 15 is 0 Å². The topological polar surface area (TPSA) is 60.6 Å². The molecule has 0 unspecified atom stereocenters. The molecule has 5 nitrogen and oxygen atoms in total. The average Bonchev–Trinajstić information content (AvgIpc) is 3.25. The molecule has 3 heterocycles. The van der Waals surface area contributed by atoms with Crippen LogP contribution in [0.3, 0.4) is 0 Å². The quantitative estimate of drug-likeness (QED) is 0.594. The van der Waals surface area contributed by atoms with Gasteiger partial charge in [-0.2, -0.15) is 0 Å². The summed E-state index contributed by atoms with van der Waals surface area (Å²) in [6.45, 7) is 2.97. The predicted molar refractivity (Wildman–Crippen MR) is 100 cm³/mol. The van der Waals surface area contributed by atoms with Crippen LogP contribution in [0.2, 0.25) is 0 Å². The number of aromatic amines is 2. The first kappa shape index (κ1) is 14.7. The normalized spacial score (nSPS) is 14.8. The van der Waals surface area contributed by atoms with Gasteiger partial charge in [-0.25, -0.2) is 9.97 Å². The lowest BCUT2D eigenvalue weighted by molar-refractivity contribution is 0.316. The van der Waals surface area contributed by atoms with Gasteiger partial charge in [0, 0.05) is 40.9 Å². The van der Waals surface area contributed by atoms with Gasteiger partial charge in [-0.1, -0.05) is 12.1 Å². The van der Waals surface area contributed by atoms with Crippen molar-refractivity contribution in [2.24, 2.45) is 0 Å². The standard InChI is InChI=1S/C20H21N5/c1-12-22-19-16(7-8-21-20(19)23-12)18-10-14-4-3-13(9-17(14)24-18)11-25(2)15-5-6-15/h3-4,7-10,15,24H,5-6,11H2,1-2H3,(H,21,22,23). The number of H-pyrrole nitrogens is 2. The van der Waals surface area contributed by atoms with Crippen molar-refractivity contribution in [2.45, 2.75) is 32.4 Å². The van der Waals surface area contributed by atoms with Gasteiger partial charge in [0.1, 0.15) is 5.82 Å². The van der Waals surface area contributed by atoms with Gasteiger partial charge in [0.05, 0.1) is 5.52 Å². The number of fused-ring (bicyclic) bond motifs is 2. The van der Waals surface area contributed by atoms with Crippen molar-refractivity contribution in [3.63, 3.8) is 0 Å². The van der Waals surface area contributed by atoms with E-state index in [-0.39, 0.29) is 0 Å². The number of aromatic nitrogens is 4. The van der Waals surface area contributed by atoms with Crippen LogP contribution in [0.25, 0.3) is 33.3 Å². The van der Waals surface area contributed by atoms with E-state index in [0.29, 0.717) is 0 Å². The number of rotatable bonds is 4. The molecule has 5 rings (SSSR count). The van der Waals surface area contributed by atoms with Crippen LogP contribution in [0.4, 0.5) is 0 Å². The van der Waals surface area contributed by atoms with Gasteiger partial charge in [-0.05, 0) is 50.6 Å². The Kier molecular flexibility index (Phi) is 3.18. The van der Waals surface area contributed by atoms with Gasteiger partial charge in [-0.15, -0.1) is 0 Å². The summed E-state index contributed by atoms with van der Waals surface area (Å²) in [7, 11) is 2.22. The van der Waals surface area contributed by atoms with Crippen LogP contribution in [0.15, 0.2) is 36.5 Å². The molecule has 0 bridgehead atoms. The Hall–Kier alpha value is -2.66. The SMILES string of the molecule is Cc1nc2nccc(-c3cc4ccc(CN(C)C5CC5)cc4[nH]3)c2[nH]1. The number of aryl methyl sites for hydroxylation is 1. The van der Waals surface area contributed by atoms with Crippen molar-refractivity contribution in [2.75, 3.05) is 7.05 Å². The third-order valence-electron chi connectivity index (χ3n) is 5.09. The van der Waals surface area contributed by atoms with Crippen LogP contribution in [0, 0.1) is 6.92 Å². The molecule has 0 amide bonds. The highest BCUT2D eigenvalue weighted by Crippen LogP contribution is 2.30. The highest BCUT2D eigenvalue weighted by Gasteiger charge is 2.25. The molecule has 25 heavy (non-hydrogen) atoms. The number of hydrogen-bond donors (Lipinski definition) is 2. The van der Waals surface area contributed by atoms with Crippen molar-refractivity contribution in [1.82, 2.24) is 24.8 Å². The summed E-state index contributed by atoms with van der Waals surface area (Å²) in [5, 5.41) is 1.23. The van der Waals surface area contributed by atoms with Gasteiger partial charge >= 0.3 is 0 Å². The molecule has 0 radical (unpaired) electrons. The second-order valence-corrected chi connectivity index (χ2v) is 7.13. The molecular formula is C20H21N5. The molecule has 0 aliphatic heterocycles. The van der Waals surface area contributed by atoms with E-state index in [0.717, 1.165) is 40.8 Å². The molecule has 1 saturated carbocycles. The van der Waals surface area contributed by atoms with Gasteiger partial charge in [0.2, 0.25) is 0 Å². The number of pyridine rings is 1. The fourth-order valence-corrected chi connectivity index (χ4v) is 3.60. The Balaban J connectivity index is 1.55. The van der Waals surface area contributed by atoms with Crippen LogP contribution in [-0.2, 0) is 6.54 Å². The third-order valence-corrected chi connectivity index (χ3v) is 5.09. The predicted octanol–water partition coefficient (Wildman–Crippen LogP) is 4.01. The largest absolute Gasteiger partial charge is 0.354 e. The minimum absolute atomic E-state index is 0.764. The minimum Gasteiger partial charge on any atom is -0.354 e. The number of nitrogens with zero attached hydrogens (tertiary/aromatic N) is 3. The molecule has 5 heteroatoms. The lowest BCUT2D eigenvalue weighted by Crippen LogP contribution is -2.19. The first-order valence-corrected chi connectivity index (χ1v) is 8.81. The highest BCUT2D eigenvalue weighted by molar-refractivity contribution is 5.94. The Labute approximate surface area is 146 Å². The van der Waals surface area contributed by atoms with Crippen LogP contribution in [-0.4, -0.2) is 37.9 Å². The summed E-state index contributed by atoms with van der Waals surface area (Å²) in [6.07, 6.45) is 4.50. The van der Waals surface area contributed by atoms with Crippen molar-refractivity contribution in [3.8, 4) is 11.3 Å². The summed E-state index contributed by atoms with van der Waals surface area (Å²) in [4.78, 5) is 18.1. The maximum atomic E-state index is 4.44. The fourth-order valence-electron chi connectivity index (χ4n) is 3.60. The van der Waals surface area contributed by atoms with E-state index in [4.69, 9.17) is 0 Å². The first-order chi connectivity index (χ1) is 12.2. The molecule has 2 N–H and O–H groups in total. The molecular weight excluding hydrogens is 310 g/mol. The van der Waals surface area contributed by atoms with E-state index in [9.17, 15) is 0 Å². The zero-order chi connectivity index (χ0) is 17.0. The molecule has 0 atom stereocenters. The molecule has 0 saturated heterocycles. The van der Waals surface area contributed by atoms with Gasteiger partial charge < -0.3 is 9.97 Å². The van der Waals surface area contributed by atoms with E-state index in [1.54, 1.807) is 0 Å². The van der Waals surface area contributed by atoms with Crippen molar-refractivity contribution < 1.29 is 0 Å². The average molecular weight is 331 g/mol. The zero-order valence-corrected chi connectivity index (χ0v) is 14.5. The Bertz CT molecular complexity index is 1070. The first-order valence-electron chi connectivity index (χ1n) is 8.81. The summed E-state index contributed by atoms with van der Waals surface area (Å²) < 4.78 is 0. The summed E-state index contributed by atoms with van der Waals surface area (Å²) >= 11 is 0. The van der Waals surface area contributed by atoms with Gasteiger partial charge in [-0.3, -0.25) is 4.90 Å². The molecule has 0 spiro atoms. The number of imidazole rings is 1. The highest BCUT2D eigenvalue weighted by atomic mass is 15.1. The van der Waals surface area contributed by atoms with Gasteiger partial charge in [0.15, 0.2) is 5.65 Å². The smallest absolute Gasteiger partial charge is 0.178 e. The van der Waals surface area contributed by atoms with E-state index < -0.39 is 0 Å². The molecule has 1 aliphatic carbocycles. The summed E-state index contributed by atoms with van der Waals surface area (Å²) in [5.41, 5.74) is 6.49. The molecule has 1 aromatic carbocycles. The second-order valence-electron chi connectivity index (χ2n) is 7.13. The molecule has 4 aromatic rings.